The number of allylic oxidation sites excluding steroid dienone is 1. The number of nitrogens with one attached hydrogen (secondary N) is 1. The van der Waals surface area contributed by atoms with Crippen LogP contribution in [0.15, 0.2) is 83.1 Å². The predicted octanol–water partition coefficient (Wildman–Crippen LogP) is 5.82. The molecular formula is C26H26N4O3S. The molecule has 0 saturated heterocycles. The second kappa shape index (κ2) is 10.4. The molecule has 1 unspecified atom stereocenters. The number of furan rings is 1. The standard InChI is InChI=1S/C26H26N4O3S/c1-5-14-30-24(20-13-15-33-18(20)3)28-29-26(30)34-23(19-9-7-6-8-10-19)25(31)27-21-16-17(2)11-12-22(21)32-4/h5-13,15-16,23H,1,14H2,2-4H3,(H,27,31). The Balaban J connectivity index is 1.70. The zero-order chi connectivity index (χ0) is 24.1. The van der Waals surface area contributed by atoms with Crippen LogP contribution in [0.25, 0.3) is 11.4 Å². The van der Waals surface area contributed by atoms with E-state index in [4.69, 9.17) is 9.15 Å². The molecule has 2 aromatic heterocycles. The molecule has 0 fully saturated rings. The first kappa shape index (κ1) is 23.4. The van der Waals surface area contributed by atoms with E-state index in [1.807, 2.05) is 73.0 Å². The Bertz CT molecular complexity index is 1300. The minimum atomic E-state index is -0.572. The molecule has 7 nitrogen and oxygen atoms in total. The SMILES string of the molecule is C=CCn1c(SC(C(=O)Nc2cc(C)ccc2OC)c2ccccc2)nnc1-c1ccoc1C. The van der Waals surface area contributed by atoms with Gasteiger partial charge < -0.3 is 14.5 Å². The second-order valence-corrected chi connectivity index (χ2v) is 8.77. The number of nitrogens with zero attached hydrogens (tertiary/aromatic N) is 3. The summed E-state index contributed by atoms with van der Waals surface area (Å²) in [4.78, 5) is 13.6. The number of aryl methyl sites for hydroxylation is 2. The molecule has 174 valence electrons. The molecule has 1 amide bonds. The third kappa shape index (κ3) is 4.92. The monoisotopic (exact) mass is 474 g/mol. The maximum atomic E-state index is 13.6. The van der Waals surface area contributed by atoms with Crippen molar-refractivity contribution in [3.8, 4) is 17.1 Å². The van der Waals surface area contributed by atoms with Crippen molar-refractivity contribution in [3.05, 3.63) is 90.4 Å². The summed E-state index contributed by atoms with van der Waals surface area (Å²) in [5, 5.41) is 11.9. The van der Waals surface area contributed by atoms with Gasteiger partial charge in [-0.1, -0.05) is 54.2 Å². The van der Waals surface area contributed by atoms with E-state index in [0.29, 0.717) is 29.0 Å². The van der Waals surface area contributed by atoms with Crippen LogP contribution in [0.4, 0.5) is 5.69 Å². The lowest BCUT2D eigenvalue weighted by Gasteiger charge is -2.18. The van der Waals surface area contributed by atoms with Gasteiger partial charge in [-0.3, -0.25) is 9.36 Å². The predicted molar refractivity (Wildman–Crippen MR) is 134 cm³/mol. The summed E-state index contributed by atoms with van der Waals surface area (Å²) in [5.41, 5.74) is 3.35. The highest BCUT2D eigenvalue weighted by molar-refractivity contribution is 8.00. The van der Waals surface area contributed by atoms with Crippen molar-refractivity contribution in [1.29, 1.82) is 0 Å². The molecule has 4 aromatic rings. The minimum Gasteiger partial charge on any atom is -0.495 e. The highest BCUT2D eigenvalue weighted by atomic mass is 32.2. The van der Waals surface area contributed by atoms with Gasteiger partial charge in [0.15, 0.2) is 11.0 Å². The molecule has 0 aliphatic carbocycles. The first-order valence-electron chi connectivity index (χ1n) is 10.8. The number of benzene rings is 2. The van der Waals surface area contributed by atoms with Crippen molar-refractivity contribution in [1.82, 2.24) is 14.8 Å². The largest absolute Gasteiger partial charge is 0.495 e. The maximum absolute atomic E-state index is 13.6. The zero-order valence-electron chi connectivity index (χ0n) is 19.3. The lowest BCUT2D eigenvalue weighted by atomic mass is 10.1. The van der Waals surface area contributed by atoms with Gasteiger partial charge in [0.1, 0.15) is 16.8 Å². The molecular weight excluding hydrogens is 448 g/mol. The molecule has 2 heterocycles. The summed E-state index contributed by atoms with van der Waals surface area (Å²) in [6.45, 7) is 8.21. The highest BCUT2D eigenvalue weighted by Crippen LogP contribution is 2.38. The Hall–Kier alpha value is -3.78. The molecule has 34 heavy (non-hydrogen) atoms. The lowest BCUT2D eigenvalue weighted by molar-refractivity contribution is -0.115. The summed E-state index contributed by atoms with van der Waals surface area (Å²) in [6, 6.07) is 17.1. The van der Waals surface area contributed by atoms with E-state index in [-0.39, 0.29) is 5.91 Å². The normalized spacial score (nSPS) is 11.7. The van der Waals surface area contributed by atoms with E-state index in [2.05, 4.69) is 22.1 Å². The number of carbonyl (C=O) groups excluding carboxylic acids is 1. The first-order valence-corrected chi connectivity index (χ1v) is 11.7. The average molecular weight is 475 g/mol. The molecule has 2 aromatic carbocycles. The highest BCUT2D eigenvalue weighted by Gasteiger charge is 2.27. The van der Waals surface area contributed by atoms with Gasteiger partial charge in [-0.15, -0.1) is 16.8 Å². The fourth-order valence-electron chi connectivity index (χ4n) is 3.61. The number of anilines is 1. The fraction of sp³-hybridized carbons (Fsp3) is 0.192. The molecule has 4 rings (SSSR count). The maximum Gasteiger partial charge on any atom is 0.242 e. The molecule has 0 spiro atoms. The third-order valence-electron chi connectivity index (χ3n) is 5.30. The van der Waals surface area contributed by atoms with Gasteiger partial charge in [0, 0.05) is 6.54 Å². The number of thioether (sulfide) groups is 1. The van der Waals surface area contributed by atoms with Crippen molar-refractivity contribution in [2.45, 2.75) is 30.8 Å². The number of ether oxygens (including phenoxy) is 1. The second-order valence-electron chi connectivity index (χ2n) is 7.70. The number of hydrogen-bond donors (Lipinski definition) is 1. The summed E-state index contributed by atoms with van der Waals surface area (Å²) < 4.78 is 12.8. The van der Waals surface area contributed by atoms with E-state index in [0.717, 1.165) is 22.5 Å². The number of carbonyl (C=O) groups is 1. The number of rotatable bonds is 9. The van der Waals surface area contributed by atoms with E-state index >= 15 is 0 Å². The van der Waals surface area contributed by atoms with Crippen LogP contribution < -0.4 is 10.1 Å². The van der Waals surface area contributed by atoms with E-state index in [1.165, 1.54) is 11.8 Å². The Morgan fingerprint density at radius 3 is 2.68 bits per heavy atom. The van der Waals surface area contributed by atoms with Gasteiger partial charge in [0.25, 0.3) is 0 Å². The first-order chi connectivity index (χ1) is 16.5. The van der Waals surface area contributed by atoms with Crippen molar-refractivity contribution in [3.63, 3.8) is 0 Å². The van der Waals surface area contributed by atoms with Gasteiger partial charge in [-0.05, 0) is 43.2 Å². The molecule has 8 heteroatoms. The van der Waals surface area contributed by atoms with Crippen molar-refractivity contribution >= 4 is 23.4 Å². The Kier molecular flexibility index (Phi) is 7.18. The van der Waals surface area contributed by atoms with Gasteiger partial charge in [0.05, 0.1) is 24.6 Å². The molecule has 1 N–H and O–H groups in total. The Morgan fingerprint density at radius 2 is 2.00 bits per heavy atom. The topological polar surface area (TPSA) is 82.2 Å². The van der Waals surface area contributed by atoms with Crippen LogP contribution in [0.5, 0.6) is 5.75 Å². The van der Waals surface area contributed by atoms with Gasteiger partial charge in [-0.2, -0.15) is 0 Å². The van der Waals surface area contributed by atoms with Crippen molar-refractivity contribution < 1.29 is 13.9 Å². The minimum absolute atomic E-state index is 0.186. The summed E-state index contributed by atoms with van der Waals surface area (Å²) in [5.74, 6) is 1.83. The zero-order valence-corrected chi connectivity index (χ0v) is 20.1. The Morgan fingerprint density at radius 1 is 1.21 bits per heavy atom. The van der Waals surface area contributed by atoms with Crippen molar-refractivity contribution in [2.75, 3.05) is 12.4 Å². The smallest absolute Gasteiger partial charge is 0.242 e. The van der Waals surface area contributed by atoms with Crippen LogP contribution >= 0.6 is 11.8 Å². The number of methoxy groups -OCH3 is 1. The summed E-state index contributed by atoms with van der Waals surface area (Å²) in [7, 11) is 1.58. The van der Waals surface area contributed by atoms with Crippen LogP contribution in [0.2, 0.25) is 0 Å². The van der Waals surface area contributed by atoms with E-state index < -0.39 is 5.25 Å². The van der Waals surface area contributed by atoms with E-state index in [1.54, 1.807) is 19.4 Å². The van der Waals surface area contributed by atoms with Crippen LogP contribution in [-0.4, -0.2) is 27.8 Å². The summed E-state index contributed by atoms with van der Waals surface area (Å²) >= 11 is 1.34. The Labute approximate surface area is 202 Å². The molecule has 0 aliphatic heterocycles. The summed E-state index contributed by atoms with van der Waals surface area (Å²) in [6.07, 6.45) is 3.40. The fourth-order valence-corrected chi connectivity index (χ4v) is 4.66. The average Bonchev–Trinajstić information content (AvgIpc) is 3.43. The number of hydrogen-bond acceptors (Lipinski definition) is 6. The quantitative estimate of drug-likeness (QED) is 0.243. The molecule has 1 atom stereocenters. The molecule has 0 saturated carbocycles. The van der Waals surface area contributed by atoms with E-state index in [9.17, 15) is 4.79 Å². The van der Waals surface area contributed by atoms with Crippen molar-refractivity contribution in [2.24, 2.45) is 0 Å². The van der Waals surface area contributed by atoms with Gasteiger partial charge in [-0.25, -0.2) is 0 Å². The third-order valence-corrected chi connectivity index (χ3v) is 6.54. The van der Waals surface area contributed by atoms with Gasteiger partial charge >= 0.3 is 0 Å². The number of amides is 1. The van der Waals surface area contributed by atoms with Crippen LogP contribution in [0.1, 0.15) is 22.1 Å². The number of aromatic nitrogens is 3. The lowest BCUT2D eigenvalue weighted by Crippen LogP contribution is -2.20. The van der Waals surface area contributed by atoms with Crippen LogP contribution in [0, 0.1) is 13.8 Å². The molecule has 0 radical (unpaired) electrons. The van der Waals surface area contributed by atoms with Crippen LogP contribution in [-0.2, 0) is 11.3 Å². The van der Waals surface area contributed by atoms with Crippen LogP contribution in [0.3, 0.4) is 0 Å². The molecule has 0 bridgehead atoms. The van der Waals surface area contributed by atoms with Gasteiger partial charge in [0.2, 0.25) is 5.91 Å². The molecule has 0 aliphatic rings.